The molecule has 2 aliphatic heterocycles. The molecule has 0 aliphatic carbocycles. The van der Waals surface area contributed by atoms with Crippen molar-refractivity contribution >= 4 is 11.6 Å². The quantitative estimate of drug-likeness (QED) is 0.821. The van der Waals surface area contributed by atoms with Crippen molar-refractivity contribution in [1.82, 2.24) is 19.9 Å². The van der Waals surface area contributed by atoms with Crippen LogP contribution in [0.5, 0.6) is 0 Å². The predicted molar refractivity (Wildman–Crippen MR) is 102 cm³/mol. The first-order valence-corrected chi connectivity index (χ1v) is 9.32. The molecule has 7 heteroatoms. The average molecular weight is 354 g/mol. The van der Waals surface area contributed by atoms with Crippen molar-refractivity contribution in [3.63, 3.8) is 0 Å². The smallest absolute Gasteiger partial charge is 0.134 e. The van der Waals surface area contributed by atoms with Gasteiger partial charge in [-0.3, -0.25) is 9.88 Å². The topological polar surface area (TPSA) is 57.6 Å². The fourth-order valence-electron chi connectivity index (χ4n) is 3.54. The second-order valence-corrected chi connectivity index (χ2v) is 6.86. The van der Waals surface area contributed by atoms with E-state index in [2.05, 4.69) is 41.8 Å². The number of nitrogens with zero attached hydrogens (tertiary/aromatic N) is 6. The first-order chi connectivity index (χ1) is 12.8. The third-order valence-corrected chi connectivity index (χ3v) is 4.97. The molecule has 0 unspecified atom stereocenters. The number of ether oxygens (including phenoxy) is 1. The normalized spacial score (nSPS) is 19.0. The van der Waals surface area contributed by atoms with Gasteiger partial charge in [-0.2, -0.15) is 0 Å². The van der Waals surface area contributed by atoms with Crippen LogP contribution in [0.1, 0.15) is 11.4 Å². The van der Waals surface area contributed by atoms with E-state index < -0.39 is 0 Å². The van der Waals surface area contributed by atoms with Crippen LogP contribution < -0.4 is 9.80 Å². The standard InChI is InChI=1S/C19H26N6O/c1-16-21-18(13-19(22-16)25-9-11-26-12-10-25)24-7-5-23(6-8-24)15-17-3-2-4-20-14-17/h2-4,13-14H,5-12,15H2,1H3. The Morgan fingerprint density at radius 3 is 2.31 bits per heavy atom. The summed E-state index contributed by atoms with van der Waals surface area (Å²) in [6, 6.07) is 6.28. The summed E-state index contributed by atoms with van der Waals surface area (Å²) < 4.78 is 5.45. The molecular formula is C19H26N6O. The van der Waals surface area contributed by atoms with E-state index in [0.29, 0.717) is 0 Å². The van der Waals surface area contributed by atoms with Crippen molar-refractivity contribution < 1.29 is 4.74 Å². The summed E-state index contributed by atoms with van der Waals surface area (Å²) in [4.78, 5) is 20.7. The molecule has 2 aromatic rings. The molecule has 2 saturated heterocycles. The van der Waals surface area contributed by atoms with Gasteiger partial charge in [0.25, 0.3) is 0 Å². The maximum atomic E-state index is 5.45. The van der Waals surface area contributed by atoms with Crippen LogP contribution >= 0.6 is 0 Å². The zero-order valence-electron chi connectivity index (χ0n) is 15.3. The average Bonchev–Trinajstić information content (AvgIpc) is 2.70. The minimum absolute atomic E-state index is 0.769. The zero-order valence-corrected chi connectivity index (χ0v) is 15.3. The Morgan fingerprint density at radius 2 is 1.65 bits per heavy atom. The SMILES string of the molecule is Cc1nc(N2CCOCC2)cc(N2CCN(Cc3cccnc3)CC2)n1. The van der Waals surface area contributed by atoms with Crippen LogP contribution in [0.2, 0.25) is 0 Å². The Labute approximate surface area is 154 Å². The van der Waals surface area contributed by atoms with Crippen molar-refractivity contribution in [1.29, 1.82) is 0 Å². The lowest BCUT2D eigenvalue weighted by Gasteiger charge is -2.36. The fourth-order valence-corrected chi connectivity index (χ4v) is 3.54. The molecule has 0 atom stereocenters. The minimum atomic E-state index is 0.769. The lowest BCUT2D eigenvalue weighted by Crippen LogP contribution is -2.46. The van der Waals surface area contributed by atoms with E-state index in [-0.39, 0.29) is 0 Å². The predicted octanol–water partition coefficient (Wildman–Crippen LogP) is 1.34. The van der Waals surface area contributed by atoms with Gasteiger partial charge in [-0.25, -0.2) is 9.97 Å². The molecule has 0 N–H and O–H groups in total. The van der Waals surface area contributed by atoms with Gasteiger partial charge in [-0.1, -0.05) is 6.07 Å². The molecule has 4 rings (SSSR count). The molecule has 0 bridgehead atoms. The van der Waals surface area contributed by atoms with Crippen molar-refractivity contribution in [2.75, 3.05) is 62.3 Å². The number of morpholine rings is 1. The van der Waals surface area contributed by atoms with E-state index in [1.54, 1.807) is 0 Å². The van der Waals surface area contributed by atoms with Gasteiger partial charge in [0, 0.05) is 64.3 Å². The van der Waals surface area contributed by atoms with Gasteiger partial charge >= 0.3 is 0 Å². The highest BCUT2D eigenvalue weighted by molar-refractivity contribution is 5.51. The molecule has 2 fully saturated rings. The molecule has 0 saturated carbocycles. The van der Waals surface area contributed by atoms with Gasteiger partial charge in [-0.15, -0.1) is 0 Å². The number of anilines is 2. The Morgan fingerprint density at radius 1 is 0.962 bits per heavy atom. The lowest BCUT2D eigenvalue weighted by atomic mass is 10.2. The second kappa shape index (κ2) is 7.97. The number of piperazine rings is 1. The van der Waals surface area contributed by atoms with Gasteiger partial charge in [0.1, 0.15) is 17.5 Å². The summed E-state index contributed by atoms with van der Waals surface area (Å²) >= 11 is 0. The summed E-state index contributed by atoms with van der Waals surface area (Å²) in [5.74, 6) is 2.90. The van der Waals surface area contributed by atoms with Gasteiger partial charge in [0.2, 0.25) is 0 Å². The Balaban J connectivity index is 1.40. The maximum Gasteiger partial charge on any atom is 0.134 e. The Kier molecular flexibility index (Phi) is 5.26. The van der Waals surface area contributed by atoms with Crippen LogP contribution in [0.4, 0.5) is 11.6 Å². The zero-order chi connectivity index (χ0) is 17.8. The Bertz CT molecular complexity index is 711. The van der Waals surface area contributed by atoms with E-state index in [1.807, 2.05) is 25.4 Å². The monoisotopic (exact) mass is 354 g/mol. The maximum absolute atomic E-state index is 5.45. The first kappa shape index (κ1) is 17.2. The summed E-state index contributed by atoms with van der Waals surface area (Å²) in [5.41, 5.74) is 1.27. The van der Waals surface area contributed by atoms with Crippen molar-refractivity contribution in [3.8, 4) is 0 Å². The van der Waals surface area contributed by atoms with Crippen LogP contribution in [-0.2, 0) is 11.3 Å². The van der Waals surface area contributed by atoms with Gasteiger partial charge in [0.05, 0.1) is 13.2 Å². The molecule has 4 heterocycles. The third-order valence-electron chi connectivity index (χ3n) is 4.97. The Hall–Kier alpha value is -2.25. The molecule has 0 spiro atoms. The van der Waals surface area contributed by atoms with Gasteiger partial charge in [0.15, 0.2) is 0 Å². The number of hydrogen-bond donors (Lipinski definition) is 0. The highest BCUT2D eigenvalue weighted by Crippen LogP contribution is 2.21. The number of aromatic nitrogens is 3. The van der Waals surface area contributed by atoms with E-state index in [4.69, 9.17) is 4.74 Å². The first-order valence-electron chi connectivity index (χ1n) is 9.32. The highest BCUT2D eigenvalue weighted by atomic mass is 16.5. The number of pyridine rings is 1. The summed E-state index contributed by atoms with van der Waals surface area (Å²) in [7, 11) is 0. The molecular weight excluding hydrogens is 328 g/mol. The molecule has 7 nitrogen and oxygen atoms in total. The lowest BCUT2D eigenvalue weighted by molar-refractivity contribution is 0.122. The number of aryl methyl sites for hydroxylation is 1. The fraction of sp³-hybridized carbons (Fsp3) is 0.526. The molecule has 0 radical (unpaired) electrons. The van der Waals surface area contributed by atoms with E-state index in [1.165, 1.54) is 5.56 Å². The molecule has 2 aliphatic rings. The molecule has 0 amide bonds. The van der Waals surface area contributed by atoms with E-state index in [9.17, 15) is 0 Å². The van der Waals surface area contributed by atoms with Crippen LogP contribution in [0, 0.1) is 6.92 Å². The van der Waals surface area contributed by atoms with E-state index >= 15 is 0 Å². The molecule has 26 heavy (non-hydrogen) atoms. The highest BCUT2D eigenvalue weighted by Gasteiger charge is 2.21. The number of rotatable bonds is 4. The third kappa shape index (κ3) is 4.11. The van der Waals surface area contributed by atoms with Gasteiger partial charge < -0.3 is 14.5 Å². The summed E-state index contributed by atoms with van der Waals surface area (Å²) in [5, 5.41) is 0. The minimum Gasteiger partial charge on any atom is -0.378 e. The van der Waals surface area contributed by atoms with Crippen LogP contribution in [0.25, 0.3) is 0 Å². The largest absolute Gasteiger partial charge is 0.378 e. The summed E-state index contributed by atoms with van der Waals surface area (Å²) in [6.45, 7) is 10.3. The molecule has 2 aromatic heterocycles. The van der Waals surface area contributed by atoms with Crippen LogP contribution in [0.15, 0.2) is 30.6 Å². The van der Waals surface area contributed by atoms with Crippen LogP contribution in [0.3, 0.4) is 0 Å². The molecule has 0 aromatic carbocycles. The molecule has 138 valence electrons. The summed E-state index contributed by atoms with van der Waals surface area (Å²) in [6.07, 6.45) is 3.78. The second-order valence-electron chi connectivity index (χ2n) is 6.86. The van der Waals surface area contributed by atoms with Crippen molar-refractivity contribution in [2.45, 2.75) is 13.5 Å². The van der Waals surface area contributed by atoms with E-state index in [0.717, 1.165) is 76.5 Å². The van der Waals surface area contributed by atoms with Crippen molar-refractivity contribution in [3.05, 3.63) is 42.0 Å². The van der Waals surface area contributed by atoms with Crippen molar-refractivity contribution in [2.24, 2.45) is 0 Å². The number of hydrogen-bond acceptors (Lipinski definition) is 7. The van der Waals surface area contributed by atoms with Crippen LogP contribution in [-0.4, -0.2) is 72.3 Å². The van der Waals surface area contributed by atoms with Gasteiger partial charge in [-0.05, 0) is 18.6 Å².